The number of benzene rings is 2. The number of methoxy groups -OCH3 is 1. The third-order valence-corrected chi connectivity index (χ3v) is 4.31. The van der Waals surface area contributed by atoms with E-state index in [2.05, 4.69) is 10.6 Å². The largest absolute Gasteiger partial charge is 0.495 e. The molecule has 7 heteroatoms. The topological polar surface area (TPSA) is 50.4 Å². The molecular formula is C17H17Cl3N2O2. The van der Waals surface area contributed by atoms with Crippen LogP contribution in [0.3, 0.4) is 0 Å². The van der Waals surface area contributed by atoms with Gasteiger partial charge in [0.05, 0.1) is 23.5 Å². The zero-order valence-corrected chi connectivity index (χ0v) is 15.5. The lowest BCUT2D eigenvalue weighted by atomic mass is 10.2. The predicted molar refractivity (Wildman–Crippen MR) is 101 cm³/mol. The zero-order valence-electron chi connectivity index (χ0n) is 13.3. The number of rotatable bonds is 6. The SMILES string of the molecule is COc1cc(Cl)c(C)cc1NCCC(=O)Nc1ccc(Cl)cc1Cl. The molecule has 0 saturated heterocycles. The molecule has 0 bridgehead atoms. The van der Waals surface area contributed by atoms with Gasteiger partial charge in [0, 0.05) is 29.1 Å². The van der Waals surface area contributed by atoms with E-state index in [4.69, 9.17) is 39.5 Å². The van der Waals surface area contributed by atoms with Crippen molar-refractivity contribution in [1.82, 2.24) is 0 Å². The van der Waals surface area contributed by atoms with Gasteiger partial charge >= 0.3 is 0 Å². The molecule has 0 aliphatic heterocycles. The predicted octanol–water partition coefficient (Wildman–Crippen LogP) is 5.40. The van der Waals surface area contributed by atoms with Crippen molar-refractivity contribution in [1.29, 1.82) is 0 Å². The van der Waals surface area contributed by atoms with Crippen LogP contribution < -0.4 is 15.4 Å². The van der Waals surface area contributed by atoms with Crippen molar-refractivity contribution in [2.24, 2.45) is 0 Å². The molecule has 0 spiro atoms. The number of halogens is 3. The third-order valence-electron chi connectivity index (χ3n) is 3.35. The zero-order chi connectivity index (χ0) is 17.7. The second kappa shape index (κ2) is 8.47. The molecule has 0 heterocycles. The number of carbonyl (C=O) groups is 1. The van der Waals surface area contributed by atoms with Gasteiger partial charge in [-0.3, -0.25) is 4.79 Å². The first-order valence-corrected chi connectivity index (χ1v) is 8.37. The van der Waals surface area contributed by atoms with Crippen molar-refractivity contribution < 1.29 is 9.53 Å². The monoisotopic (exact) mass is 386 g/mol. The Morgan fingerprint density at radius 3 is 2.50 bits per heavy atom. The fraction of sp³-hybridized carbons (Fsp3) is 0.235. The number of nitrogens with one attached hydrogen (secondary N) is 2. The van der Waals surface area contributed by atoms with Crippen LogP contribution in [0.5, 0.6) is 5.75 Å². The Kier molecular flexibility index (Phi) is 6.60. The lowest BCUT2D eigenvalue weighted by Crippen LogP contribution is -2.16. The Hall–Kier alpha value is -1.62. The lowest BCUT2D eigenvalue weighted by molar-refractivity contribution is -0.115. The minimum Gasteiger partial charge on any atom is -0.495 e. The van der Waals surface area contributed by atoms with E-state index >= 15 is 0 Å². The first kappa shape index (κ1) is 18.7. The summed E-state index contributed by atoms with van der Waals surface area (Å²) in [5.74, 6) is 0.475. The number of hydrogen-bond donors (Lipinski definition) is 2. The van der Waals surface area contributed by atoms with Gasteiger partial charge < -0.3 is 15.4 Å². The van der Waals surface area contributed by atoms with Crippen molar-refractivity contribution in [2.75, 3.05) is 24.3 Å². The maximum absolute atomic E-state index is 12.0. The summed E-state index contributed by atoms with van der Waals surface area (Å²) in [6.07, 6.45) is 0.268. The number of carbonyl (C=O) groups excluding carboxylic acids is 1. The second-order valence-electron chi connectivity index (χ2n) is 5.15. The van der Waals surface area contributed by atoms with E-state index < -0.39 is 0 Å². The molecule has 1 amide bonds. The summed E-state index contributed by atoms with van der Waals surface area (Å²) in [6, 6.07) is 8.55. The Morgan fingerprint density at radius 1 is 1.08 bits per heavy atom. The summed E-state index contributed by atoms with van der Waals surface area (Å²) in [6.45, 7) is 2.34. The number of amides is 1. The van der Waals surface area contributed by atoms with E-state index in [0.29, 0.717) is 33.0 Å². The fourth-order valence-electron chi connectivity index (χ4n) is 2.08. The highest BCUT2D eigenvalue weighted by molar-refractivity contribution is 6.36. The maximum Gasteiger partial charge on any atom is 0.226 e. The van der Waals surface area contributed by atoms with Crippen LogP contribution in [0, 0.1) is 6.92 Å². The van der Waals surface area contributed by atoms with Crippen molar-refractivity contribution in [3.63, 3.8) is 0 Å². The summed E-state index contributed by atoms with van der Waals surface area (Å²) >= 11 is 17.9. The molecule has 24 heavy (non-hydrogen) atoms. The molecule has 0 aromatic heterocycles. The Morgan fingerprint density at radius 2 is 1.83 bits per heavy atom. The molecule has 2 aromatic rings. The van der Waals surface area contributed by atoms with Crippen molar-refractivity contribution in [3.8, 4) is 5.75 Å². The second-order valence-corrected chi connectivity index (χ2v) is 6.40. The highest BCUT2D eigenvalue weighted by Crippen LogP contribution is 2.31. The van der Waals surface area contributed by atoms with Gasteiger partial charge in [0.15, 0.2) is 0 Å². The van der Waals surface area contributed by atoms with E-state index in [-0.39, 0.29) is 12.3 Å². The molecule has 0 atom stereocenters. The van der Waals surface area contributed by atoms with Gasteiger partial charge in [-0.05, 0) is 36.8 Å². The third kappa shape index (κ3) is 4.94. The molecular weight excluding hydrogens is 371 g/mol. The average molecular weight is 388 g/mol. The molecule has 2 N–H and O–H groups in total. The van der Waals surface area contributed by atoms with Crippen LogP contribution in [0.4, 0.5) is 11.4 Å². The smallest absolute Gasteiger partial charge is 0.226 e. The van der Waals surface area contributed by atoms with Crippen LogP contribution in [0.2, 0.25) is 15.1 Å². The summed E-state index contributed by atoms with van der Waals surface area (Å²) < 4.78 is 5.28. The fourth-order valence-corrected chi connectivity index (χ4v) is 2.69. The number of ether oxygens (including phenoxy) is 1. The van der Waals surface area contributed by atoms with Crippen LogP contribution in [0.25, 0.3) is 0 Å². The molecule has 0 radical (unpaired) electrons. The first-order chi connectivity index (χ1) is 11.4. The van der Waals surface area contributed by atoms with E-state index in [0.717, 1.165) is 11.3 Å². The Labute approximate surface area is 156 Å². The van der Waals surface area contributed by atoms with E-state index in [1.165, 1.54) is 0 Å². The minimum absolute atomic E-state index is 0.156. The molecule has 2 rings (SSSR count). The molecule has 0 fully saturated rings. The van der Waals surface area contributed by atoms with E-state index in [9.17, 15) is 4.79 Å². The quantitative estimate of drug-likeness (QED) is 0.697. The van der Waals surface area contributed by atoms with Crippen molar-refractivity contribution >= 4 is 52.1 Å². The van der Waals surface area contributed by atoms with Crippen LogP contribution in [0.1, 0.15) is 12.0 Å². The molecule has 0 aliphatic carbocycles. The molecule has 0 aliphatic rings. The minimum atomic E-state index is -0.156. The summed E-state index contributed by atoms with van der Waals surface area (Å²) in [4.78, 5) is 12.0. The van der Waals surface area contributed by atoms with Gasteiger partial charge in [0.1, 0.15) is 5.75 Å². The van der Waals surface area contributed by atoms with Gasteiger partial charge in [-0.15, -0.1) is 0 Å². The van der Waals surface area contributed by atoms with Crippen LogP contribution >= 0.6 is 34.8 Å². The van der Waals surface area contributed by atoms with Gasteiger partial charge in [-0.2, -0.15) is 0 Å². The number of anilines is 2. The van der Waals surface area contributed by atoms with Crippen LogP contribution in [0.15, 0.2) is 30.3 Å². The number of hydrogen-bond acceptors (Lipinski definition) is 3. The summed E-state index contributed by atoms with van der Waals surface area (Å²) in [7, 11) is 1.57. The van der Waals surface area contributed by atoms with Crippen LogP contribution in [-0.4, -0.2) is 19.6 Å². The molecule has 0 saturated carbocycles. The van der Waals surface area contributed by atoms with E-state index in [1.807, 2.05) is 13.0 Å². The standard InChI is InChI=1S/C17H17Cl3N2O2/c1-10-7-15(16(24-2)9-12(10)19)21-6-5-17(23)22-14-4-3-11(18)8-13(14)20/h3-4,7-9,21H,5-6H2,1-2H3,(H,22,23). The van der Waals surface area contributed by atoms with Crippen molar-refractivity contribution in [3.05, 3.63) is 51.0 Å². The Bertz CT molecular complexity index is 751. The van der Waals surface area contributed by atoms with Gasteiger partial charge in [-0.25, -0.2) is 0 Å². The molecule has 128 valence electrons. The van der Waals surface area contributed by atoms with Gasteiger partial charge in [0.25, 0.3) is 0 Å². The first-order valence-electron chi connectivity index (χ1n) is 7.23. The maximum atomic E-state index is 12.0. The van der Waals surface area contributed by atoms with Gasteiger partial charge in [0.2, 0.25) is 5.91 Å². The molecule has 4 nitrogen and oxygen atoms in total. The normalized spacial score (nSPS) is 10.4. The number of aryl methyl sites for hydroxylation is 1. The molecule has 2 aromatic carbocycles. The lowest BCUT2D eigenvalue weighted by Gasteiger charge is -2.13. The Balaban J connectivity index is 1.92. The van der Waals surface area contributed by atoms with Gasteiger partial charge in [-0.1, -0.05) is 34.8 Å². The highest BCUT2D eigenvalue weighted by Gasteiger charge is 2.09. The van der Waals surface area contributed by atoms with Crippen molar-refractivity contribution in [2.45, 2.75) is 13.3 Å². The van der Waals surface area contributed by atoms with Crippen LogP contribution in [-0.2, 0) is 4.79 Å². The summed E-state index contributed by atoms with van der Waals surface area (Å²) in [5, 5.41) is 7.48. The summed E-state index contributed by atoms with van der Waals surface area (Å²) in [5.41, 5.74) is 2.25. The van der Waals surface area contributed by atoms with E-state index in [1.54, 1.807) is 31.4 Å². The average Bonchev–Trinajstić information content (AvgIpc) is 2.53. The highest BCUT2D eigenvalue weighted by atomic mass is 35.5. The molecule has 0 unspecified atom stereocenters.